The smallest absolute Gasteiger partial charge is 0.162 e. The maximum absolute atomic E-state index is 5.16. The van der Waals surface area contributed by atoms with Gasteiger partial charge >= 0.3 is 0 Å². The molecule has 2 aliphatic rings. The number of nitrogens with zero attached hydrogens (tertiary/aromatic N) is 5. The largest absolute Gasteiger partial charge is 0.309 e. The zero-order chi connectivity index (χ0) is 55.3. The zero-order valence-corrected chi connectivity index (χ0v) is 47.5. The van der Waals surface area contributed by atoms with Crippen molar-refractivity contribution in [1.82, 2.24) is 19.9 Å². The molecule has 392 valence electrons. The lowest BCUT2D eigenvalue weighted by Crippen LogP contribution is -2.30. The highest BCUT2D eigenvalue weighted by Crippen LogP contribution is 2.53. The summed E-state index contributed by atoms with van der Waals surface area (Å²) in [6.07, 6.45) is 1.08. The van der Waals surface area contributed by atoms with Crippen LogP contribution in [0.15, 0.2) is 284 Å². The van der Waals surface area contributed by atoms with E-state index in [0.717, 1.165) is 72.7 Å². The minimum Gasteiger partial charge on any atom is -0.309 e. The van der Waals surface area contributed by atoms with Crippen molar-refractivity contribution in [2.75, 3.05) is 4.90 Å². The lowest BCUT2D eigenvalue weighted by atomic mass is 9.69. The summed E-state index contributed by atoms with van der Waals surface area (Å²) in [7, 11) is 0. The van der Waals surface area contributed by atoms with E-state index in [0.29, 0.717) is 11.6 Å². The van der Waals surface area contributed by atoms with Gasteiger partial charge in [-0.05, 0) is 82.3 Å². The lowest BCUT2D eigenvalue weighted by molar-refractivity contribution is 0.610. The Labute approximate surface area is 484 Å². The van der Waals surface area contributed by atoms with Gasteiger partial charge in [0.05, 0.1) is 39.8 Å². The Morgan fingerprint density at radius 3 is 1.01 bits per heavy atom. The third-order valence-corrected chi connectivity index (χ3v) is 16.3. The van der Waals surface area contributed by atoms with Crippen LogP contribution in [-0.2, 0) is 17.3 Å². The molecule has 0 radical (unpaired) electrons. The van der Waals surface area contributed by atoms with Crippen LogP contribution in [0.25, 0.3) is 67.8 Å². The molecule has 10 aromatic carbocycles. The molecule has 1 aliphatic carbocycles. The van der Waals surface area contributed by atoms with Crippen molar-refractivity contribution in [2.45, 2.75) is 44.9 Å². The summed E-state index contributed by atoms with van der Waals surface area (Å²) in [5, 5.41) is 0. The van der Waals surface area contributed by atoms with E-state index in [1.165, 1.54) is 44.8 Å². The van der Waals surface area contributed by atoms with Crippen LogP contribution in [0.2, 0.25) is 0 Å². The molecule has 12 aromatic rings. The first-order chi connectivity index (χ1) is 39.6. The molecule has 0 spiro atoms. The van der Waals surface area contributed by atoms with Crippen molar-refractivity contribution in [1.29, 1.82) is 0 Å². The summed E-state index contributed by atoms with van der Waals surface area (Å²) in [5.74, 6) is 1.42. The highest BCUT2D eigenvalue weighted by molar-refractivity contribution is 9.10. The molecule has 0 N–H and O–H groups in total. The lowest BCUT2D eigenvalue weighted by Gasteiger charge is -2.42. The van der Waals surface area contributed by atoms with Crippen molar-refractivity contribution in [3.05, 3.63) is 317 Å². The number of anilines is 3. The van der Waals surface area contributed by atoms with Crippen molar-refractivity contribution < 1.29 is 0 Å². The Kier molecular flexibility index (Phi) is 14.7. The number of aromatic nitrogens is 4. The van der Waals surface area contributed by atoms with Crippen LogP contribution in [0.3, 0.4) is 0 Å². The highest BCUT2D eigenvalue weighted by Gasteiger charge is 2.37. The van der Waals surface area contributed by atoms with E-state index in [2.05, 4.69) is 249 Å². The summed E-state index contributed by atoms with van der Waals surface area (Å²) in [6.45, 7) is 9.27. The first kappa shape index (κ1) is 52.3. The second-order valence-corrected chi connectivity index (χ2v) is 22.4. The molecule has 5 nitrogen and oxygen atoms in total. The number of rotatable bonds is 7. The Morgan fingerprint density at radius 2 is 0.605 bits per heavy atom. The van der Waals surface area contributed by atoms with Gasteiger partial charge in [0.25, 0.3) is 0 Å². The molecule has 1 aliphatic heterocycles. The fourth-order valence-electron chi connectivity index (χ4n) is 11.5. The molecule has 81 heavy (non-hydrogen) atoms. The van der Waals surface area contributed by atoms with E-state index < -0.39 is 0 Å². The monoisotopic (exact) mass is 1110 g/mol. The van der Waals surface area contributed by atoms with Crippen LogP contribution >= 0.6 is 15.9 Å². The summed E-state index contributed by atoms with van der Waals surface area (Å²) in [6, 6.07) is 96.9. The van der Waals surface area contributed by atoms with E-state index in [9.17, 15) is 0 Å². The molecule has 0 saturated heterocycles. The Morgan fingerprint density at radius 1 is 0.309 bits per heavy atom. The van der Waals surface area contributed by atoms with Crippen LogP contribution < -0.4 is 4.90 Å². The van der Waals surface area contributed by atoms with E-state index in [1.54, 1.807) is 0 Å². The van der Waals surface area contributed by atoms with Gasteiger partial charge < -0.3 is 4.90 Å². The first-order valence-electron chi connectivity index (χ1n) is 27.6. The van der Waals surface area contributed by atoms with Crippen LogP contribution in [0.5, 0.6) is 0 Å². The van der Waals surface area contributed by atoms with Gasteiger partial charge in [0, 0.05) is 48.7 Å². The first-order valence-corrected chi connectivity index (χ1v) is 28.4. The third-order valence-electron chi connectivity index (χ3n) is 15.6. The predicted molar refractivity (Wildman–Crippen MR) is 339 cm³/mol. The Balaban J connectivity index is 0.000000134. The maximum Gasteiger partial charge on any atom is 0.162 e. The Hall–Kier alpha value is -9.36. The summed E-state index contributed by atoms with van der Waals surface area (Å²) < 4.78 is 0.985. The van der Waals surface area contributed by atoms with Crippen molar-refractivity contribution in [3.63, 3.8) is 0 Å². The third kappa shape index (κ3) is 10.7. The van der Waals surface area contributed by atoms with Gasteiger partial charge in [0.2, 0.25) is 0 Å². The minimum atomic E-state index is -0.122. The zero-order valence-electron chi connectivity index (χ0n) is 45.9. The van der Waals surface area contributed by atoms with Gasteiger partial charge in [0.1, 0.15) is 0 Å². The van der Waals surface area contributed by atoms with E-state index in [1.807, 2.05) is 78.9 Å². The maximum atomic E-state index is 5.16. The van der Waals surface area contributed by atoms with Crippen LogP contribution in [0, 0.1) is 0 Å². The molecule has 2 aromatic heterocycles. The fraction of sp³-hybridized carbons (Fsp3) is 0.0933. The summed E-state index contributed by atoms with van der Waals surface area (Å²) in [5.41, 5.74) is 21.9. The number of para-hydroxylation sites is 3. The summed E-state index contributed by atoms with van der Waals surface area (Å²) in [4.78, 5) is 22.3. The van der Waals surface area contributed by atoms with Gasteiger partial charge in [-0.1, -0.05) is 280 Å². The molecule has 14 rings (SSSR count). The molecule has 0 amide bonds. The molecule has 0 fully saturated rings. The molecule has 0 atom stereocenters. The highest BCUT2D eigenvalue weighted by atomic mass is 79.9. The van der Waals surface area contributed by atoms with Crippen molar-refractivity contribution >= 4 is 33.0 Å². The second kappa shape index (κ2) is 22.8. The van der Waals surface area contributed by atoms with Gasteiger partial charge in [-0.2, -0.15) is 0 Å². The molecule has 3 heterocycles. The van der Waals surface area contributed by atoms with Crippen LogP contribution in [0.1, 0.15) is 61.1 Å². The van der Waals surface area contributed by atoms with E-state index in [4.69, 9.17) is 19.9 Å². The van der Waals surface area contributed by atoms with Crippen molar-refractivity contribution in [2.24, 2.45) is 0 Å². The number of hydrogen-bond acceptors (Lipinski definition) is 5. The number of benzene rings is 10. The normalized spacial score (nSPS) is 13.1. The molecule has 0 bridgehead atoms. The quantitative estimate of drug-likeness (QED) is 0.159. The standard InChI is InChI=1S/C37H29N3.C22H15BrN2.C16H16/c1-37(2)29-20-10-13-23-34(29)40(35-24-14-11-21-30(35)37)33-22-12-9-19-28(33)36-38-31(26-15-5-3-6-16-26)25-32(39-36)27-17-7-4-8-18-27;23-19-14-8-7-13-18(19)22-24-20(16-9-3-1-4-10-16)15-21(25-22)17-11-5-2-6-12-17;1-16(2)14-9-5-3-7-12(14)11-13-8-4-6-10-15(13)16/h3-25H,1-2H3;1-15H;3-10H,11H2,1-2H3. The molecular formula is C75H60BrN5. The van der Waals surface area contributed by atoms with Crippen LogP contribution in [-0.4, -0.2) is 19.9 Å². The van der Waals surface area contributed by atoms with Gasteiger partial charge in [-0.3, -0.25) is 0 Å². The number of hydrogen-bond donors (Lipinski definition) is 0. The molecule has 0 saturated carbocycles. The Bertz CT molecular complexity index is 3950. The SMILES string of the molecule is Brc1ccccc1-c1nc(-c2ccccc2)cc(-c2ccccc2)n1.CC1(C)c2ccccc2Cc2ccccc21.CC1(C)c2ccccc2N(c2ccccc2-c2nc(-c3ccccc3)cc(-c3ccccc3)n2)c2ccccc21. The van der Waals surface area contributed by atoms with Crippen LogP contribution in [0.4, 0.5) is 17.1 Å². The van der Waals surface area contributed by atoms with Gasteiger partial charge in [-0.15, -0.1) is 0 Å². The molecule has 6 heteroatoms. The molecule has 0 unspecified atom stereocenters. The average molecular weight is 1110 g/mol. The average Bonchev–Trinajstić information content (AvgIpc) is 3.69. The van der Waals surface area contributed by atoms with Gasteiger partial charge in [0.15, 0.2) is 11.6 Å². The van der Waals surface area contributed by atoms with E-state index >= 15 is 0 Å². The van der Waals surface area contributed by atoms with E-state index in [-0.39, 0.29) is 10.8 Å². The van der Waals surface area contributed by atoms with Crippen molar-refractivity contribution in [3.8, 4) is 67.8 Å². The second-order valence-electron chi connectivity index (χ2n) is 21.5. The predicted octanol–water partition coefficient (Wildman–Crippen LogP) is 19.7. The topological polar surface area (TPSA) is 54.8 Å². The number of fused-ring (bicyclic) bond motifs is 4. The molecular weight excluding hydrogens is 1050 g/mol. The van der Waals surface area contributed by atoms with Gasteiger partial charge in [-0.25, -0.2) is 19.9 Å². The minimum absolute atomic E-state index is 0.122. The number of halogens is 1. The summed E-state index contributed by atoms with van der Waals surface area (Å²) >= 11 is 3.61. The fourth-order valence-corrected chi connectivity index (χ4v) is 12.0.